The van der Waals surface area contributed by atoms with Gasteiger partial charge in [0.15, 0.2) is 5.78 Å². The lowest BCUT2D eigenvalue weighted by Crippen LogP contribution is -2.30. The van der Waals surface area contributed by atoms with Crippen LogP contribution in [0.25, 0.3) is 11.0 Å². The Kier molecular flexibility index (Phi) is 4.94. The smallest absolute Gasteiger partial charge is 0.201 e. The molecule has 1 fully saturated rings. The number of nitrogen functional groups attached to an aromatic ring is 1. The molecule has 0 saturated carbocycles. The summed E-state index contributed by atoms with van der Waals surface area (Å²) in [6, 6.07) is 15.0. The van der Waals surface area contributed by atoms with Gasteiger partial charge in [-0.3, -0.25) is 4.79 Å². The maximum atomic E-state index is 12.8. The number of carbonyl (C=O) groups is 1. The van der Waals surface area contributed by atoms with E-state index in [1.54, 1.807) is 0 Å². The first kappa shape index (κ1) is 17.7. The van der Waals surface area contributed by atoms with Crippen molar-refractivity contribution < 1.29 is 4.79 Å². The van der Waals surface area contributed by atoms with Crippen LogP contribution in [-0.2, 0) is 6.54 Å². The van der Waals surface area contributed by atoms with Crippen LogP contribution in [0.1, 0.15) is 35.2 Å². The third-order valence-corrected chi connectivity index (χ3v) is 5.68. The Hall–Kier alpha value is -2.66. The first-order valence-corrected chi connectivity index (χ1v) is 9.66. The summed E-state index contributed by atoms with van der Waals surface area (Å²) in [7, 11) is 2.18. The van der Waals surface area contributed by atoms with E-state index in [0.29, 0.717) is 17.1 Å². The minimum Gasteiger partial charge on any atom is -0.369 e. The molecule has 1 saturated heterocycles. The molecule has 5 nitrogen and oxygen atoms in total. The fourth-order valence-electron chi connectivity index (χ4n) is 3.94. The molecule has 0 amide bonds. The van der Waals surface area contributed by atoms with Crippen molar-refractivity contribution in [1.82, 2.24) is 14.5 Å². The molecule has 0 unspecified atom stereocenters. The third kappa shape index (κ3) is 3.74. The molecule has 3 aromatic rings. The van der Waals surface area contributed by atoms with E-state index in [4.69, 9.17) is 5.73 Å². The summed E-state index contributed by atoms with van der Waals surface area (Å²) >= 11 is 0. The molecule has 0 radical (unpaired) electrons. The van der Waals surface area contributed by atoms with Gasteiger partial charge in [0.2, 0.25) is 5.95 Å². The number of likely N-dealkylation sites (tertiary alicyclic amines) is 1. The zero-order valence-corrected chi connectivity index (χ0v) is 15.8. The van der Waals surface area contributed by atoms with E-state index in [0.717, 1.165) is 29.9 Å². The molecule has 1 aromatic heterocycles. The summed E-state index contributed by atoms with van der Waals surface area (Å²) in [5, 5.41) is 0. The van der Waals surface area contributed by atoms with E-state index < -0.39 is 0 Å². The van der Waals surface area contributed by atoms with Crippen molar-refractivity contribution in [3.05, 3.63) is 59.7 Å². The molecule has 0 spiro atoms. The van der Waals surface area contributed by atoms with Crippen LogP contribution in [-0.4, -0.2) is 40.4 Å². The van der Waals surface area contributed by atoms with Crippen LogP contribution in [0.2, 0.25) is 0 Å². The Balaban J connectivity index is 1.57. The standard InChI is InChI=1S/C22H26N4O/c1-25-12-9-16(10-13-25)11-14-26-20-15-18(7-8-19(20)24-22(26)23)21(27)17-5-3-2-4-6-17/h2-8,15-16H,9-14H2,1H3,(H2,23,24). The van der Waals surface area contributed by atoms with Gasteiger partial charge in [-0.1, -0.05) is 30.3 Å². The number of nitrogens with two attached hydrogens (primary N) is 1. The van der Waals surface area contributed by atoms with Crippen molar-refractivity contribution in [2.45, 2.75) is 25.8 Å². The first-order chi connectivity index (χ1) is 13.1. The van der Waals surface area contributed by atoms with Gasteiger partial charge in [-0.05, 0) is 63.5 Å². The van der Waals surface area contributed by atoms with Crippen LogP contribution in [0.5, 0.6) is 0 Å². The SMILES string of the molecule is CN1CCC(CCn2c(N)nc3ccc(C(=O)c4ccccc4)cc32)CC1. The normalized spacial score (nSPS) is 16.0. The summed E-state index contributed by atoms with van der Waals surface area (Å²) in [5.74, 6) is 1.29. The van der Waals surface area contributed by atoms with Gasteiger partial charge >= 0.3 is 0 Å². The van der Waals surface area contributed by atoms with Gasteiger partial charge < -0.3 is 15.2 Å². The van der Waals surface area contributed by atoms with Crippen molar-refractivity contribution in [3.8, 4) is 0 Å². The molecule has 0 bridgehead atoms. The number of benzene rings is 2. The van der Waals surface area contributed by atoms with Crippen LogP contribution >= 0.6 is 0 Å². The van der Waals surface area contributed by atoms with Gasteiger partial charge in [0.25, 0.3) is 0 Å². The molecule has 0 aliphatic carbocycles. The van der Waals surface area contributed by atoms with Crippen LogP contribution in [0.4, 0.5) is 5.95 Å². The molecule has 1 aliphatic rings. The number of hydrogen-bond acceptors (Lipinski definition) is 4. The molecule has 27 heavy (non-hydrogen) atoms. The number of piperidine rings is 1. The zero-order chi connectivity index (χ0) is 18.8. The number of nitrogens with zero attached hydrogens (tertiary/aromatic N) is 3. The Morgan fingerprint density at radius 3 is 2.59 bits per heavy atom. The van der Waals surface area contributed by atoms with Gasteiger partial charge in [0.1, 0.15) is 0 Å². The number of imidazole rings is 1. The number of carbonyl (C=O) groups excluding carboxylic acids is 1. The number of fused-ring (bicyclic) bond motifs is 1. The largest absolute Gasteiger partial charge is 0.369 e. The highest BCUT2D eigenvalue weighted by molar-refractivity contribution is 6.10. The number of rotatable bonds is 5. The van der Waals surface area contributed by atoms with Gasteiger partial charge in [0.05, 0.1) is 11.0 Å². The maximum absolute atomic E-state index is 12.8. The van der Waals surface area contributed by atoms with E-state index in [9.17, 15) is 4.79 Å². The summed E-state index contributed by atoms with van der Waals surface area (Å²) < 4.78 is 2.06. The maximum Gasteiger partial charge on any atom is 0.201 e. The summed E-state index contributed by atoms with van der Waals surface area (Å²) in [4.78, 5) is 19.6. The minimum atomic E-state index is 0.0270. The van der Waals surface area contributed by atoms with E-state index in [-0.39, 0.29) is 5.78 Å². The molecular weight excluding hydrogens is 336 g/mol. The predicted molar refractivity (Wildman–Crippen MR) is 109 cm³/mol. The Morgan fingerprint density at radius 2 is 1.85 bits per heavy atom. The second kappa shape index (κ2) is 7.53. The second-order valence-electron chi connectivity index (χ2n) is 7.56. The Labute approximate surface area is 159 Å². The van der Waals surface area contributed by atoms with Crippen molar-refractivity contribution in [3.63, 3.8) is 0 Å². The molecule has 2 aromatic carbocycles. The predicted octanol–water partition coefficient (Wildman–Crippen LogP) is 3.58. The third-order valence-electron chi connectivity index (χ3n) is 5.68. The number of anilines is 1. The molecule has 5 heteroatoms. The monoisotopic (exact) mass is 362 g/mol. The van der Waals surface area contributed by atoms with Gasteiger partial charge in [-0.2, -0.15) is 0 Å². The molecular formula is C22H26N4O. The highest BCUT2D eigenvalue weighted by atomic mass is 16.1. The van der Waals surface area contributed by atoms with Crippen molar-refractivity contribution in [2.24, 2.45) is 5.92 Å². The van der Waals surface area contributed by atoms with Crippen molar-refractivity contribution in [2.75, 3.05) is 25.9 Å². The number of hydrogen-bond donors (Lipinski definition) is 1. The Morgan fingerprint density at radius 1 is 1.11 bits per heavy atom. The van der Waals surface area contributed by atoms with E-state index in [2.05, 4.69) is 21.5 Å². The van der Waals surface area contributed by atoms with Crippen LogP contribution in [0.3, 0.4) is 0 Å². The first-order valence-electron chi connectivity index (χ1n) is 9.66. The zero-order valence-electron chi connectivity index (χ0n) is 15.8. The molecule has 1 aliphatic heterocycles. The van der Waals surface area contributed by atoms with Crippen LogP contribution < -0.4 is 5.73 Å². The lowest BCUT2D eigenvalue weighted by Gasteiger charge is -2.29. The van der Waals surface area contributed by atoms with E-state index in [1.165, 1.54) is 25.9 Å². The van der Waals surface area contributed by atoms with Gasteiger partial charge in [0, 0.05) is 17.7 Å². The summed E-state index contributed by atoms with van der Waals surface area (Å²) in [6.45, 7) is 3.18. The average molecular weight is 362 g/mol. The van der Waals surface area contributed by atoms with Gasteiger partial charge in [-0.25, -0.2) is 4.98 Å². The highest BCUT2D eigenvalue weighted by Gasteiger charge is 2.18. The minimum absolute atomic E-state index is 0.0270. The van der Waals surface area contributed by atoms with Crippen molar-refractivity contribution >= 4 is 22.8 Å². The van der Waals surface area contributed by atoms with Crippen LogP contribution in [0.15, 0.2) is 48.5 Å². The fraction of sp³-hybridized carbons (Fsp3) is 0.364. The lowest BCUT2D eigenvalue weighted by molar-refractivity contribution is 0.103. The van der Waals surface area contributed by atoms with Crippen LogP contribution in [0, 0.1) is 5.92 Å². The number of ketones is 1. The fourth-order valence-corrected chi connectivity index (χ4v) is 3.94. The van der Waals surface area contributed by atoms with E-state index >= 15 is 0 Å². The van der Waals surface area contributed by atoms with Crippen molar-refractivity contribution in [1.29, 1.82) is 0 Å². The second-order valence-corrected chi connectivity index (χ2v) is 7.56. The Bertz CT molecular complexity index is 940. The number of aryl methyl sites for hydroxylation is 1. The number of aromatic nitrogens is 2. The van der Waals surface area contributed by atoms with Gasteiger partial charge in [-0.15, -0.1) is 0 Å². The summed E-state index contributed by atoms with van der Waals surface area (Å²) in [6.07, 6.45) is 3.57. The molecule has 4 rings (SSSR count). The summed E-state index contributed by atoms with van der Waals surface area (Å²) in [5.41, 5.74) is 9.35. The lowest BCUT2D eigenvalue weighted by atomic mass is 9.94. The highest BCUT2D eigenvalue weighted by Crippen LogP contribution is 2.25. The quantitative estimate of drug-likeness (QED) is 0.705. The molecule has 140 valence electrons. The molecule has 2 heterocycles. The topological polar surface area (TPSA) is 64.2 Å². The van der Waals surface area contributed by atoms with E-state index in [1.807, 2.05) is 48.5 Å². The average Bonchev–Trinajstić information content (AvgIpc) is 3.02. The molecule has 0 atom stereocenters. The molecule has 2 N–H and O–H groups in total.